The summed E-state index contributed by atoms with van der Waals surface area (Å²) in [6.07, 6.45) is 2.05. The molecule has 1 amide bonds. The molecule has 0 aliphatic heterocycles. The Labute approximate surface area is 118 Å². The summed E-state index contributed by atoms with van der Waals surface area (Å²) in [6.45, 7) is 0. The smallest absolute Gasteiger partial charge is 0.258 e. The molecule has 6 nitrogen and oxygen atoms in total. The number of aromatic nitrogens is 1. The van der Waals surface area contributed by atoms with Crippen molar-refractivity contribution in [2.75, 3.05) is 5.32 Å². The van der Waals surface area contributed by atoms with Crippen LogP contribution in [0.3, 0.4) is 0 Å². The van der Waals surface area contributed by atoms with E-state index in [0.29, 0.717) is 6.07 Å². The Morgan fingerprint density at radius 2 is 1.95 bits per heavy atom. The molecule has 2 rings (SSSR count). The minimum atomic E-state index is -4.13. The van der Waals surface area contributed by atoms with Crippen LogP contribution in [0.4, 0.5) is 14.5 Å². The number of nitrogens with zero attached hydrogens (tertiary/aromatic N) is 1. The van der Waals surface area contributed by atoms with Gasteiger partial charge in [-0.05, 0) is 24.3 Å². The maximum atomic E-state index is 13.4. The van der Waals surface area contributed by atoms with Gasteiger partial charge in [-0.3, -0.25) is 9.78 Å². The van der Waals surface area contributed by atoms with E-state index in [9.17, 15) is 22.0 Å². The Morgan fingerprint density at radius 1 is 1.24 bits per heavy atom. The van der Waals surface area contributed by atoms with Crippen LogP contribution in [0.25, 0.3) is 0 Å². The van der Waals surface area contributed by atoms with Crippen LogP contribution in [0.15, 0.2) is 41.6 Å². The lowest BCUT2D eigenvalue weighted by atomic mass is 10.2. The molecule has 0 aliphatic carbocycles. The zero-order valence-electron chi connectivity index (χ0n) is 10.4. The molecule has 0 spiro atoms. The van der Waals surface area contributed by atoms with Crippen LogP contribution in [0.5, 0.6) is 0 Å². The molecule has 0 atom stereocenters. The number of primary sulfonamides is 1. The van der Waals surface area contributed by atoms with Crippen molar-refractivity contribution in [3.63, 3.8) is 0 Å². The van der Waals surface area contributed by atoms with Crippen LogP contribution in [0.1, 0.15) is 10.4 Å². The highest BCUT2D eigenvalue weighted by Gasteiger charge is 2.15. The molecule has 0 unspecified atom stereocenters. The first-order chi connectivity index (χ1) is 9.77. The summed E-state index contributed by atoms with van der Waals surface area (Å²) in [7, 11) is -4.13. The van der Waals surface area contributed by atoms with Gasteiger partial charge in [0, 0.05) is 11.9 Å². The second-order valence-electron chi connectivity index (χ2n) is 4.03. The van der Waals surface area contributed by atoms with E-state index in [2.05, 4.69) is 10.3 Å². The molecular weight excluding hydrogens is 304 g/mol. The van der Waals surface area contributed by atoms with Gasteiger partial charge in [0.25, 0.3) is 5.91 Å². The van der Waals surface area contributed by atoms with E-state index in [1.807, 2.05) is 0 Å². The number of pyridine rings is 1. The predicted molar refractivity (Wildman–Crippen MR) is 69.9 cm³/mol. The van der Waals surface area contributed by atoms with E-state index < -0.39 is 32.5 Å². The molecule has 110 valence electrons. The quantitative estimate of drug-likeness (QED) is 0.890. The molecule has 2 aromatic rings. The highest BCUT2D eigenvalue weighted by Crippen LogP contribution is 2.18. The lowest BCUT2D eigenvalue weighted by molar-refractivity contribution is 0.102. The fraction of sp³-hybridized carbons (Fsp3) is 0. The highest BCUT2D eigenvalue weighted by molar-refractivity contribution is 7.89. The van der Waals surface area contributed by atoms with Crippen LogP contribution in [-0.2, 0) is 10.0 Å². The van der Waals surface area contributed by atoms with Crippen molar-refractivity contribution in [3.05, 3.63) is 53.9 Å². The molecule has 1 aromatic heterocycles. The average molecular weight is 313 g/mol. The van der Waals surface area contributed by atoms with Crippen LogP contribution < -0.4 is 10.5 Å². The molecule has 1 aromatic carbocycles. The number of amides is 1. The van der Waals surface area contributed by atoms with Gasteiger partial charge >= 0.3 is 0 Å². The Morgan fingerprint density at radius 3 is 2.57 bits per heavy atom. The van der Waals surface area contributed by atoms with Crippen LogP contribution in [-0.4, -0.2) is 19.3 Å². The van der Waals surface area contributed by atoms with Crippen LogP contribution in [0, 0.1) is 11.6 Å². The summed E-state index contributed by atoms with van der Waals surface area (Å²) < 4.78 is 49.1. The van der Waals surface area contributed by atoms with Gasteiger partial charge in [0.15, 0.2) is 5.82 Å². The van der Waals surface area contributed by atoms with E-state index in [4.69, 9.17) is 5.14 Å². The van der Waals surface area contributed by atoms with Crippen molar-refractivity contribution in [2.24, 2.45) is 5.14 Å². The van der Waals surface area contributed by atoms with Crippen molar-refractivity contribution in [1.82, 2.24) is 4.98 Å². The van der Waals surface area contributed by atoms with Crippen molar-refractivity contribution < 1.29 is 22.0 Å². The Hall–Kier alpha value is -2.39. The number of nitrogens with one attached hydrogen (secondary N) is 1. The van der Waals surface area contributed by atoms with E-state index in [-0.39, 0.29) is 11.3 Å². The van der Waals surface area contributed by atoms with Crippen LogP contribution in [0.2, 0.25) is 0 Å². The number of hydrogen-bond donors (Lipinski definition) is 2. The minimum Gasteiger partial charge on any atom is -0.322 e. The fourth-order valence-corrected chi connectivity index (χ4v) is 2.13. The normalized spacial score (nSPS) is 11.2. The van der Waals surface area contributed by atoms with Gasteiger partial charge in [-0.2, -0.15) is 0 Å². The van der Waals surface area contributed by atoms with Crippen molar-refractivity contribution in [2.45, 2.75) is 4.90 Å². The van der Waals surface area contributed by atoms with E-state index in [0.717, 1.165) is 24.4 Å². The number of halogens is 2. The first-order valence-electron chi connectivity index (χ1n) is 5.51. The number of carbonyl (C=O) groups is 1. The predicted octanol–water partition coefficient (Wildman–Crippen LogP) is 1.26. The molecule has 0 saturated carbocycles. The molecule has 0 aliphatic rings. The number of sulfonamides is 1. The zero-order valence-corrected chi connectivity index (χ0v) is 11.2. The minimum absolute atomic E-state index is 0.166. The molecule has 0 bridgehead atoms. The first-order valence-corrected chi connectivity index (χ1v) is 7.06. The molecule has 0 radical (unpaired) electrons. The van der Waals surface area contributed by atoms with Gasteiger partial charge in [0.05, 0.1) is 16.7 Å². The zero-order chi connectivity index (χ0) is 15.6. The SMILES string of the molecule is NS(=O)(=O)c1cc(F)cc(NC(=O)c2ccncc2F)c1. The summed E-state index contributed by atoms with van der Waals surface area (Å²) in [5.74, 6) is -2.65. The van der Waals surface area contributed by atoms with Crippen molar-refractivity contribution in [3.8, 4) is 0 Å². The number of rotatable bonds is 3. The highest BCUT2D eigenvalue weighted by atomic mass is 32.2. The van der Waals surface area contributed by atoms with Crippen molar-refractivity contribution >= 4 is 21.6 Å². The Bertz CT molecular complexity index is 809. The molecule has 0 saturated heterocycles. The molecular formula is C12H9F2N3O3S. The third-order valence-electron chi connectivity index (χ3n) is 2.47. The van der Waals surface area contributed by atoms with Crippen molar-refractivity contribution in [1.29, 1.82) is 0 Å². The lowest BCUT2D eigenvalue weighted by Crippen LogP contribution is -2.16. The number of nitrogens with two attached hydrogens (primary N) is 1. The summed E-state index contributed by atoms with van der Waals surface area (Å²) >= 11 is 0. The monoisotopic (exact) mass is 313 g/mol. The molecule has 21 heavy (non-hydrogen) atoms. The second kappa shape index (κ2) is 5.54. The molecule has 0 fully saturated rings. The number of carbonyl (C=O) groups excluding carboxylic acids is 1. The summed E-state index contributed by atoms with van der Waals surface area (Å²) in [5.41, 5.74) is -0.480. The maximum Gasteiger partial charge on any atom is 0.258 e. The van der Waals surface area contributed by atoms with E-state index >= 15 is 0 Å². The lowest BCUT2D eigenvalue weighted by Gasteiger charge is -2.07. The first kappa shape index (κ1) is 15.0. The number of benzene rings is 1. The van der Waals surface area contributed by atoms with Gasteiger partial charge in [-0.25, -0.2) is 22.3 Å². The topological polar surface area (TPSA) is 102 Å². The van der Waals surface area contributed by atoms with Gasteiger partial charge in [-0.1, -0.05) is 0 Å². The van der Waals surface area contributed by atoms with Gasteiger partial charge in [0.1, 0.15) is 5.82 Å². The van der Waals surface area contributed by atoms with E-state index in [1.54, 1.807) is 0 Å². The molecule has 3 N–H and O–H groups in total. The van der Waals surface area contributed by atoms with Gasteiger partial charge in [0.2, 0.25) is 10.0 Å². The van der Waals surface area contributed by atoms with E-state index in [1.165, 1.54) is 6.20 Å². The third-order valence-corrected chi connectivity index (χ3v) is 3.37. The maximum absolute atomic E-state index is 13.4. The Kier molecular flexibility index (Phi) is 3.96. The van der Waals surface area contributed by atoms with Gasteiger partial charge in [-0.15, -0.1) is 0 Å². The van der Waals surface area contributed by atoms with Crippen LogP contribution >= 0.6 is 0 Å². The van der Waals surface area contributed by atoms with Gasteiger partial charge < -0.3 is 5.32 Å². The largest absolute Gasteiger partial charge is 0.322 e. The summed E-state index contributed by atoms with van der Waals surface area (Å²) in [5, 5.41) is 7.07. The standard InChI is InChI=1S/C12H9F2N3O3S/c13-7-3-8(5-9(4-7)21(15,19)20)17-12(18)10-1-2-16-6-11(10)14/h1-6H,(H,17,18)(H2,15,19,20). The molecule has 1 heterocycles. The molecule has 9 heteroatoms. The second-order valence-corrected chi connectivity index (χ2v) is 5.59. The Balaban J connectivity index is 2.34. The fourth-order valence-electron chi connectivity index (χ4n) is 1.56. The average Bonchev–Trinajstić information content (AvgIpc) is 2.37. The summed E-state index contributed by atoms with van der Waals surface area (Å²) in [6, 6.07) is 3.68. The third kappa shape index (κ3) is 3.58. The number of hydrogen-bond acceptors (Lipinski definition) is 4. The summed E-state index contributed by atoms with van der Waals surface area (Å²) in [4.78, 5) is 14.8. The number of anilines is 1.